The van der Waals surface area contributed by atoms with Gasteiger partial charge in [0, 0.05) is 16.8 Å². The van der Waals surface area contributed by atoms with Crippen molar-refractivity contribution in [1.82, 2.24) is 20.2 Å². The number of hydrazone groups is 1. The number of rotatable bonds is 6. The van der Waals surface area contributed by atoms with E-state index in [1.54, 1.807) is 47.3 Å². The van der Waals surface area contributed by atoms with Crippen LogP contribution in [0.15, 0.2) is 72.0 Å². The summed E-state index contributed by atoms with van der Waals surface area (Å²) < 4.78 is 12.3. The Balaban J connectivity index is 1.39. The van der Waals surface area contributed by atoms with E-state index in [1.165, 1.54) is 6.21 Å². The quantitative estimate of drug-likeness (QED) is 0.237. The van der Waals surface area contributed by atoms with Gasteiger partial charge in [-0.3, -0.25) is 9.48 Å². The first kappa shape index (κ1) is 21.9. The summed E-state index contributed by atoms with van der Waals surface area (Å²) in [5, 5.41) is 9.72. The van der Waals surface area contributed by atoms with Crippen LogP contribution in [-0.2, 0) is 6.54 Å². The van der Waals surface area contributed by atoms with Crippen molar-refractivity contribution in [3.63, 3.8) is 0 Å². The van der Waals surface area contributed by atoms with Crippen molar-refractivity contribution in [1.29, 1.82) is 0 Å². The zero-order chi connectivity index (χ0) is 23.5. The van der Waals surface area contributed by atoms with E-state index in [4.69, 9.17) is 32.7 Å². The molecule has 5 rings (SSSR count). The molecule has 4 aromatic rings. The normalized spacial score (nSPS) is 12.3. The number of fused-ring (bicyclic) bond motifs is 1. The van der Waals surface area contributed by atoms with Crippen LogP contribution in [0.4, 0.5) is 0 Å². The van der Waals surface area contributed by atoms with Gasteiger partial charge in [0.1, 0.15) is 10.8 Å². The van der Waals surface area contributed by atoms with Crippen molar-refractivity contribution >= 4 is 35.3 Å². The molecule has 0 spiro atoms. The van der Waals surface area contributed by atoms with Crippen molar-refractivity contribution in [3.05, 3.63) is 93.9 Å². The number of carbonyl (C=O) groups is 1. The van der Waals surface area contributed by atoms with Gasteiger partial charge in [-0.25, -0.2) is 10.4 Å². The molecule has 0 unspecified atom stereocenters. The third-order valence-corrected chi connectivity index (χ3v) is 5.53. The standard InChI is InChI=1S/C24H17Cl2N5O3/c25-18-5-3-17(4-6-18)19-10-20(31(30-19)13-16-2-8-23(26)27-11-16)24(32)29-28-12-15-1-7-21-22(9-15)34-14-33-21/h1-12H,13-14H2,(H,29,32)/b28-12+. The number of halogens is 2. The number of benzene rings is 2. The van der Waals surface area contributed by atoms with Crippen molar-refractivity contribution in [2.45, 2.75) is 6.54 Å². The molecule has 1 amide bonds. The third kappa shape index (κ3) is 4.88. The molecule has 0 aliphatic carbocycles. The first-order valence-electron chi connectivity index (χ1n) is 10.2. The lowest BCUT2D eigenvalue weighted by molar-refractivity contribution is 0.0945. The van der Waals surface area contributed by atoms with Crippen LogP contribution in [0.2, 0.25) is 10.2 Å². The summed E-state index contributed by atoms with van der Waals surface area (Å²) in [5.74, 6) is 0.903. The molecule has 170 valence electrons. The number of aromatic nitrogens is 3. The predicted molar refractivity (Wildman–Crippen MR) is 129 cm³/mol. The average Bonchev–Trinajstić information content (AvgIpc) is 3.48. The maximum absolute atomic E-state index is 13.0. The molecule has 0 atom stereocenters. The highest BCUT2D eigenvalue weighted by Crippen LogP contribution is 2.32. The highest BCUT2D eigenvalue weighted by Gasteiger charge is 2.17. The van der Waals surface area contributed by atoms with Crippen molar-refractivity contribution in [2.24, 2.45) is 5.10 Å². The van der Waals surface area contributed by atoms with Crippen LogP contribution in [0.25, 0.3) is 11.3 Å². The minimum absolute atomic E-state index is 0.190. The fraction of sp³-hybridized carbons (Fsp3) is 0.0833. The van der Waals surface area contributed by atoms with E-state index in [2.05, 4.69) is 20.6 Å². The maximum atomic E-state index is 13.0. The third-order valence-electron chi connectivity index (χ3n) is 5.05. The molecule has 34 heavy (non-hydrogen) atoms. The monoisotopic (exact) mass is 493 g/mol. The average molecular weight is 494 g/mol. The lowest BCUT2D eigenvalue weighted by atomic mass is 10.1. The Kier molecular flexibility index (Phi) is 6.16. The number of amides is 1. The number of carbonyl (C=O) groups excluding carboxylic acids is 1. The highest BCUT2D eigenvalue weighted by molar-refractivity contribution is 6.30. The molecule has 10 heteroatoms. The Morgan fingerprint density at radius 3 is 2.68 bits per heavy atom. The Morgan fingerprint density at radius 1 is 1.06 bits per heavy atom. The fourth-order valence-electron chi connectivity index (χ4n) is 3.37. The van der Waals surface area contributed by atoms with Gasteiger partial charge in [-0.05, 0) is 53.6 Å². The molecule has 0 saturated carbocycles. The number of ether oxygens (including phenoxy) is 2. The van der Waals surface area contributed by atoms with Gasteiger partial charge in [-0.2, -0.15) is 10.2 Å². The molecular weight excluding hydrogens is 477 g/mol. The summed E-state index contributed by atoms with van der Waals surface area (Å²) in [5.41, 5.74) is 5.95. The zero-order valence-corrected chi connectivity index (χ0v) is 19.1. The van der Waals surface area contributed by atoms with Gasteiger partial charge in [0.15, 0.2) is 11.5 Å². The maximum Gasteiger partial charge on any atom is 0.289 e. The smallest absolute Gasteiger partial charge is 0.289 e. The summed E-state index contributed by atoms with van der Waals surface area (Å²) in [4.78, 5) is 17.1. The fourth-order valence-corrected chi connectivity index (χ4v) is 3.61. The van der Waals surface area contributed by atoms with Gasteiger partial charge in [0.2, 0.25) is 6.79 Å². The van der Waals surface area contributed by atoms with Crippen molar-refractivity contribution in [2.75, 3.05) is 6.79 Å². The number of hydrogen-bond acceptors (Lipinski definition) is 6. The van der Waals surface area contributed by atoms with Gasteiger partial charge in [-0.15, -0.1) is 0 Å². The van der Waals surface area contributed by atoms with E-state index < -0.39 is 5.91 Å². The molecule has 0 saturated heterocycles. The summed E-state index contributed by atoms with van der Waals surface area (Å²) in [6, 6.07) is 17.9. The van der Waals surface area contributed by atoms with E-state index in [-0.39, 0.29) is 6.79 Å². The molecule has 1 N–H and O–H groups in total. The lowest BCUT2D eigenvalue weighted by Crippen LogP contribution is -2.22. The van der Waals surface area contributed by atoms with E-state index in [0.717, 1.165) is 16.7 Å². The Hall–Kier alpha value is -3.88. The molecule has 1 aliphatic rings. The molecule has 0 bridgehead atoms. The van der Waals surface area contributed by atoms with Crippen LogP contribution in [0, 0.1) is 0 Å². The Bertz CT molecular complexity index is 1370. The number of pyridine rings is 1. The van der Waals surface area contributed by atoms with E-state index in [0.29, 0.717) is 39.6 Å². The first-order chi connectivity index (χ1) is 16.5. The van der Waals surface area contributed by atoms with E-state index >= 15 is 0 Å². The number of nitrogens with zero attached hydrogens (tertiary/aromatic N) is 4. The molecule has 1 aliphatic heterocycles. The summed E-state index contributed by atoms with van der Waals surface area (Å²) >= 11 is 11.9. The van der Waals surface area contributed by atoms with Crippen LogP contribution in [0.1, 0.15) is 21.6 Å². The first-order valence-corrected chi connectivity index (χ1v) is 11.0. The molecule has 0 radical (unpaired) electrons. The topological polar surface area (TPSA) is 90.6 Å². The van der Waals surface area contributed by atoms with Crippen molar-refractivity contribution < 1.29 is 14.3 Å². The molecule has 8 nitrogen and oxygen atoms in total. The SMILES string of the molecule is O=C(N/N=C/c1ccc2c(c1)OCO2)c1cc(-c2ccc(Cl)cc2)nn1Cc1ccc(Cl)nc1. The van der Waals surface area contributed by atoms with E-state index in [1.807, 2.05) is 24.3 Å². The van der Waals surface area contributed by atoms with Crippen LogP contribution in [0.3, 0.4) is 0 Å². The molecular formula is C24H17Cl2N5O3. The van der Waals surface area contributed by atoms with Gasteiger partial charge in [0.05, 0.1) is 18.5 Å². The lowest BCUT2D eigenvalue weighted by Gasteiger charge is -2.06. The van der Waals surface area contributed by atoms with Gasteiger partial charge in [0.25, 0.3) is 5.91 Å². The number of nitrogens with one attached hydrogen (secondary N) is 1. The van der Waals surface area contributed by atoms with Crippen molar-refractivity contribution in [3.8, 4) is 22.8 Å². The second-order valence-corrected chi connectivity index (χ2v) is 8.20. The molecule has 0 fully saturated rings. The van der Waals surface area contributed by atoms with Crippen LogP contribution in [-0.4, -0.2) is 33.7 Å². The second-order valence-electron chi connectivity index (χ2n) is 7.38. The molecule has 3 heterocycles. The minimum Gasteiger partial charge on any atom is -0.454 e. The van der Waals surface area contributed by atoms with Gasteiger partial charge < -0.3 is 9.47 Å². The Labute approximate surface area is 204 Å². The zero-order valence-electron chi connectivity index (χ0n) is 17.6. The molecule has 2 aromatic carbocycles. The number of hydrogen-bond donors (Lipinski definition) is 1. The van der Waals surface area contributed by atoms with Gasteiger partial charge >= 0.3 is 0 Å². The second kappa shape index (κ2) is 9.54. The minimum atomic E-state index is -0.411. The van der Waals surface area contributed by atoms with Crippen LogP contribution >= 0.6 is 23.2 Å². The predicted octanol–water partition coefficient (Wildman–Crippen LogP) is 4.79. The Morgan fingerprint density at radius 2 is 1.88 bits per heavy atom. The van der Waals surface area contributed by atoms with Crippen LogP contribution < -0.4 is 14.9 Å². The van der Waals surface area contributed by atoms with Crippen LogP contribution in [0.5, 0.6) is 11.5 Å². The summed E-state index contributed by atoms with van der Waals surface area (Å²) in [7, 11) is 0. The largest absolute Gasteiger partial charge is 0.454 e. The van der Waals surface area contributed by atoms with Gasteiger partial charge in [-0.1, -0.05) is 41.4 Å². The highest BCUT2D eigenvalue weighted by atomic mass is 35.5. The molecule has 2 aromatic heterocycles. The summed E-state index contributed by atoms with van der Waals surface area (Å²) in [6.07, 6.45) is 3.18. The van der Waals surface area contributed by atoms with E-state index in [9.17, 15) is 4.79 Å². The summed E-state index contributed by atoms with van der Waals surface area (Å²) in [6.45, 7) is 0.516.